The van der Waals surface area contributed by atoms with Crippen molar-refractivity contribution < 1.29 is 19.8 Å². The van der Waals surface area contributed by atoms with E-state index >= 15 is 0 Å². The minimum atomic E-state index is -0.987. The Morgan fingerprint density at radius 1 is 0.933 bits per heavy atom. The van der Waals surface area contributed by atoms with Gasteiger partial charge in [0.05, 0.1) is 11.8 Å². The second-order valence-electron chi connectivity index (χ2n) is 4.18. The van der Waals surface area contributed by atoms with Gasteiger partial charge in [-0.3, -0.25) is 9.59 Å². The van der Waals surface area contributed by atoms with Crippen molar-refractivity contribution in [3.05, 3.63) is 0 Å². The lowest BCUT2D eigenvalue weighted by Gasteiger charge is -2.31. The van der Waals surface area contributed by atoms with Crippen LogP contribution in [0.1, 0.15) is 6.42 Å². The molecule has 2 aliphatic rings. The lowest BCUT2D eigenvalue weighted by molar-refractivity contribution is -0.155. The minimum absolute atomic E-state index is 0.0687. The molecule has 0 aromatic carbocycles. The van der Waals surface area contributed by atoms with E-state index in [-0.39, 0.29) is 21.5 Å². The van der Waals surface area contributed by atoms with E-state index in [1.54, 1.807) is 0 Å². The Morgan fingerprint density at radius 3 is 1.53 bits per heavy atom. The summed E-state index contributed by atoms with van der Waals surface area (Å²) in [4.78, 5) is 22.3. The fraction of sp³-hybridized carbons (Fsp3) is 0.778. The van der Waals surface area contributed by atoms with Crippen molar-refractivity contribution >= 4 is 43.8 Å². The third-order valence-corrected chi connectivity index (χ3v) is 6.75. The summed E-state index contributed by atoms with van der Waals surface area (Å²) >= 11 is 6.89. The quantitative estimate of drug-likeness (QED) is 0.747. The lowest BCUT2D eigenvalue weighted by Crippen LogP contribution is -2.43. The number of hydrogen-bond donors (Lipinski definition) is 2. The summed E-state index contributed by atoms with van der Waals surface area (Å²) in [5.41, 5.74) is 0. The van der Waals surface area contributed by atoms with Crippen LogP contribution in [0.2, 0.25) is 0 Å². The van der Waals surface area contributed by atoms with E-state index in [1.165, 1.54) is 0 Å². The number of fused-ring (bicyclic) bond motifs is 2. The van der Waals surface area contributed by atoms with E-state index in [2.05, 4.69) is 31.9 Å². The monoisotopic (exact) mass is 340 g/mol. The van der Waals surface area contributed by atoms with Gasteiger partial charge < -0.3 is 10.2 Å². The first-order valence-corrected chi connectivity index (χ1v) is 6.52. The van der Waals surface area contributed by atoms with E-state index in [1.807, 2.05) is 0 Å². The maximum absolute atomic E-state index is 11.1. The van der Waals surface area contributed by atoms with Gasteiger partial charge in [-0.2, -0.15) is 0 Å². The first-order valence-electron chi connectivity index (χ1n) is 4.69. The average molecular weight is 342 g/mol. The van der Waals surface area contributed by atoms with Crippen LogP contribution in [0.3, 0.4) is 0 Å². The molecule has 2 bridgehead atoms. The summed E-state index contributed by atoms with van der Waals surface area (Å²) < 4.78 is 0. The predicted octanol–water partition coefficient (Wildman–Crippen LogP) is 1.56. The molecule has 0 spiro atoms. The van der Waals surface area contributed by atoms with Crippen molar-refractivity contribution in [2.75, 3.05) is 0 Å². The number of aliphatic carboxylic acids is 2. The molecule has 6 heteroatoms. The first-order chi connectivity index (χ1) is 6.95. The number of hydrogen-bond acceptors (Lipinski definition) is 2. The van der Waals surface area contributed by atoms with Crippen molar-refractivity contribution in [2.45, 2.75) is 16.1 Å². The summed E-state index contributed by atoms with van der Waals surface area (Å²) in [7, 11) is 0. The molecule has 0 radical (unpaired) electrons. The van der Waals surface area contributed by atoms with Gasteiger partial charge in [0.25, 0.3) is 0 Å². The molecule has 0 aromatic heterocycles. The van der Waals surface area contributed by atoms with Gasteiger partial charge in [0, 0.05) is 9.65 Å². The average Bonchev–Trinajstić information content (AvgIpc) is 2.64. The third-order valence-electron chi connectivity index (χ3n) is 3.55. The molecule has 0 heterocycles. The van der Waals surface area contributed by atoms with Gasteiger partial charge >= 0.3 is 11.9 Å². The summed E-state index contributed by atoms with van der Waals surface area (Å²) in [6.45, 7) is 0. The van der Waals surface area contributed by atoms with E-state index in [0.29, 0.717) is 6.42 Å². The van der Waals surface area contributed by atoms with Gasteiger partial charge in [0.2, 0.25) is 0 Å². The standard InChI is InChI=1S/C9H10Br2O4/c10-6-2-1-3(7(6)11)5(9(14)15)4(2)8(12)13/h2-7H,1H2,(H,12,13)(H,14,15)/t2-,3+,4-,5-,6-,7+/m0/s1. The van der Waals surface area contributed by atoms with Crippen LogP contribution in [-0.2, 0) is 9.59 Å². The third kappa shape index (κ3) is 1.53. The number of carboxylic acid groups (broad SMARTS) is 2. The van der Waals surface area contributed by atoms with E-state index in [4.69, 9.17) is 10.2 Å². The molecule has 6 atom stereocenters. The van der Waals surface area contributed by atoms with Gasteiger partial charge in [-0.05, 0) is 18.3 Å². The van der Waals surface area contributed by atoms with Crippen molar-refractivity contribution in [1.29, 1.82) is 0 Å². The highest BCUT2D eigenvalue weighted by atomic mass is 79.9. The smallest absolute Gasteiger partial charge is 0.307 e. The molecular weight excluding hydrogens is 332 g/mol. The SMILES string of the molecule is O=C(O)[C@H]1[C@@H]2C[C@@H]([C@@H](Br)[C@H]2Br)[C@@H]1C(=O)O. The Labute approximate surface area is 103 Å². The summed E-state index contributed by atoms with van der Waals surface area (Å²) in [5, 5.41) is 18.1. The van der Waals surface area contributed by atoms with Crippen LogP contribution in [0.25, 0.3) is 0 Å². The molecule has 0 amide bonds. The molecule has 0 saturated heterocycles. The molecule has 4 nitrogen and oxygen atoms in total. The van der Waals surface area contributed by atoms with E-state index < -0.39 is 23.8 Å². The van der Waals surface area contributed by atoms with E-state index in [0.717, 1.165) is 0 Å². The molecule has 0 unspecified atom stereocenters. The van der Waals surface area contributed by atoms with Crippen LogP contribution in [0.5, 0.6) is 0 Å². The molecule has 2 N–H and O–H groups in total. The summed E-state index contributed by atoms with van der Waals surface area (Å²) in [6.07, 6.45) is 0.680. The van der Waals surface area contributed by atoms with Crippen molar-refractivity contribution in [3.63, 3.8) is 0 Å². The highest BCUT2D eigenvalue weighted by molar-refractivity contribution is 9.12. The Bertz CT molecular complexity index is 289. The largest absolute Gasteiger partial charge is 0.481 e. The van der Waals surface area contributed by atoms with Crippen LogP contribution >= 0.6 is 31.9 Å². The molecule has 2 fully saturated rings. The van der Waals surface area contributed by atoms with Gasteiger partial charge in [-0.1, -0.05) is 31.9 Å². The molecular formula is C9H10Br2O4. The second-order valence-corrected chi connectivity index (χ2v) is 6.29. The fourth-order valence-electron chi connectivity index (χ4n) is 2.94. The highest BCUT2D eigenvalue weighted by Crippen LogP contribution is 2.57. The van der Waals surface area contributed by atoms with Gasteiger partial charge in [0.15, 0.2) is 0 Å². The topological polar surface area (TPSA) is 74.6 Å². The maximum Gasteiger partial charge on any atom is 0.307 e. The Balaban J connectivity index is 2.32. The Hall–Kier alpha value is -0.100. The zero-order chi connectivity index (χ0) is 11.3. The first kappa shape index (κ1) is 11.4. The van der Waals surface area contributed by atoms with Gasteiger partial charge in [0.1, 0.15) is 0 Å². The number of rotatable bonds is 2. The summed E-state index contributed by atoms with van der Waals surface area (Å²) in [6, 6.07) is 0. The molecule has 84 valence electrons. The van der Waals surface area contributed by atoms with Crippen LogP contribution < -0.4 is 0 Å². The number of alkyl halides is 2. The van der Waals surface area contributed by atoms with E-state index in [9.17, 15) is 9.59 Å². The predicted molar refractivity (Wildman–Crippen MR) is 59.3 cm³/mol. The molecule has 0 aliphatic heterocycles. The van der Waals surface area contributed by atoms with Crippen LogP contribution in [0.4, 0.5) is 0 Å². The van der Waals surface area contributed by atoms with Crippen LogP contribution in [0, 0.1) is 23.7 Å². The minimum Gasteiger partial charge on any atom is -0.481 e. The maximum atomic E-state index is 11.1. The van der Waals surface area contributed by atoms with Crippen molar-refractivity contribution in [1.82, 2.24) is 0 Å². The molecule has 2 rings (SSSR count). The van der Waals surface area contributed by atoms with Crippen molar-refractivity contribution in [2.24, 2.45) is 23.7 Å². The normalized spacial score (nSPS) is 48.1. The van der Waals surface area contributed by atoms with Gasteiger partial charge in [-0.15, -0.1) is 0 Å². The van der Waals surface area contributed by atoms with Crippen LogP contribution in [0.15, 0.2) is 0 Å². The molecule has 2 saturated carbocycles. The molecule has 2 aliphatic carbocycles. The Morgan fingerprint density at radius 2 is 1.27 bits per heavy atom. The zero-order valence-corrected chi connectivity index (χ0v) is 10.8. The summed E-state index contributed by atoms with van der Waals surface area (Å²) in [5.74, 6) is -3.61. The number of carboxylic acids is 2. The second kappa shape index (κ2) is 3.73. The highest BCUT2D eigenvalue weighted by Gasteiger charge is 2.61. The van der Waals surface area contributed by atoms with Crippen LogP contribution in [-0.4, -0.2) is 31.8 Å². The molecule has 0 aromatic rings. The number of carbonyl (C=O) groups is 2. The van der Waals surface area contributed by atoms with Crippen molar-refractivity contribution in [3.8, 4) is 0 Å². The lowest BCUT2D eigenvalue weighted by atomic mass is 9.79. The fourth-order valence-corrected chi connectivity index (χ4v) is 4.82. The Kier molecular flexibility index (Phi) is 2.83. The zero-order valence-electron chi connectivity index (χ0n) is 7.64. The number of halogens is 2. The van der Waals surface area contributed by atoms with Gasteiger partial charge in [-0.25, -0.2) is 0 Å². The molecule has 15 heavy (non-hydrogen) atoms.